The third-order valence-electron chi connectivity index (χ3n) is 2.53. The van der Waals surface area contributed by atoms with Gasteiger partial charge in [-0.3, -0.25) is 4.98 Å². The lowest BCUT2D eigenvalue weighted by atomic mass is 10.1. The summed E-state index contributed by atoms with van der Waals surface area (Å²) in [6.07, 6.45) is -1.47. The maximum atomic E-state index is 13.5. The zero-order valence-corrected chi connectivity index (χ0v) is 10.8. The molecule has 1 aromatic heterocycles. The fourth-order valence-corrected chi connectivity index (χ4v) is 1.55. The van der Waals surface area contributed by atoms with E-state index >= 15 is 0 Å². The number of hydrogen-bond acceptors (Lipinski definition) is 3. The van der Waals surface area contributed by atoms with Gasteiger partial charge in [-0.05, 0) is 12.6 Å². The van der Waals surface area contributed by atoms with E-state index in [1.807, 2.05) is 0 Å². The lowest BCUT2D eigenvalue weighted by molar-refractivity contribution is -0.167. The van der Waals surface area contributed by atoms with Crippen LogP contribution in [0.3, 0.4) is 0 Å². The molecular weight excluding hydrogens is 283 g/mol. The highest BCUT2D eigenvalue weighted by molar-refractivity contribution is 5.17. The zero-order chi connectivity index (χ0) is 15.2. The number of likely N-dealkylation sites (N-methyl/N-ethyl adjacent to an activating group) is 1. The van der Waals surface area contributed by atoms with Crippen molar-refractivity contribution in [1.29, 1.82) is 0 Å². The topological polar surface area (TPSA) is 34.1 Å². The van der Waals surface area contributed by atoms with Crippen LogP contribution in [0.4, 0.5) is 22.0 Å². The molecule has 0 aromatic carbocycles. The molecule has 8 heteroatoms. The highest BCUT2D eigenvalue weighted by Gasteiger charge is 2.41. The molecule has 3 nitrogen and oxygen atoms in total. The second-order valence-electron chi connectivity index (χ2n) is 4.08. The Morgan fingerprint density at radius 2 is 2.10 bits per heavy atom. The molecule has 1 rings (SSSR count). The van der Waals surface area contributed by atoms with Crippen LogP contribution in [0, 0.1) is 5.82 Å². The van der Waals surface area contributed by atoms with Crippen molar-refractivity contribution in [1.82, 2.24) is 10.3 Å². The van der Waals surface area contributed by atoms with Crippen LogP contribution in [-0.4, -0.2) is 37.1 Å². The summed E-state index contributed by atoms with van der Waals surface area (Å²) < 4.78 is 67.4. The van der Waals surface area contributed by atoms with Crippen LogP contribution in [0.5, 0.6) is 0 Å². The quantitative estimate of drug-likeness (QED) is 0.749. The van der Waals surface area contributed by atoms with Gasteiger partial charge in [0.25, 0.3) is 0 Å². The summed E-state index contributed by atoms with van der Waals surface area (Å²) in [7, 11) is 0. The summed E-state index contributed by atoms with van der Waals surface area (Å²) >= 11 is 0. The predicted octanol–water partition coefficient (Wildman–Crippen LogP) is 2.79. The maximum absolute atomic E-state index is 13.5. The van der Waals surface area contributed by atoms with Gasteiger partial charge in [-0.15, -0.1) is 0 Å². The molecule has 0 aliphatic carbocycles. The Morgan fingerprint density at radius 1 is 1.40 bits per heavy atom. The van der Waals surface area contributed by atoms with Gasteiger partial charge >= 0.3 is 12.3 Å². The third kappa shape index (κ3) is 4.68. The molecule has 0 aliphatic rings. The summed E-state index contributed by atoms with van der Waals surface area (Å²) in [5.41, 5.74) is 0.183. The highest BCUT2D eigenvalue weighted by Crippen LogP contribution is 2.24. The van der Waals surface area contributed by atoms with Gasteiger partial charge < -0.3 is 10.1 Å². The fourth-order valence-electron chi connectivity index (χ4n) is 1.55. The average Bonchev–Trinajstić information content (AvgIpc) is 2.38. The van der Waals surface area contributed by atoms with Gasteiger partial charge in [-0.2, -0.15) is 8.78 Å². The zero-order valence-electron chi connectivity index (χ0n) is 10.8. The van der Waals surface area contributed by atoms with E-state index in [1.54, 1.807) is 6.92 Å². The van der Waals surface area contributed by atoms with E-state index in [4.69, 9.17) is 0 Å². The second kappa shape index (κ2) is 7.49. The monoisotopic (exact) mass is 298 g/mol. The van der Waals surface area contributed by atoms with Crippen LogP contribution in [0.2, 0.25) is 0 Å². The lowest BCUT2D eigenvalue weighted by Crippen LogP contribution is -2.34. The summed E-state index contributed by atoms with van der Waals surface area (Å²) in [5, 5.41) is 2.83. The van der Waals surface area contributed by atoms with Crippen LogP contribution in [-0.2, 0) is 4.74 Å². The predicted molar refractivity (Wildman–Crippen MR) is 62.4 cm³/mol. The van der Waals surface area contributed by atoms with Crippen molar-refractivity contribution in [3.8, 4) is 0 Å². The minimum absolute atomic E-state index is 0.183. The molecule has 0 fully saturated rings. The minimum atomic E-state index is -4.21. The Hall–Kier alpha value is -1.28. The first kappa shape index (κ1) is 16.8. The number of aromatic nitrogens is 1. The van der Waals surface area contributed by atoms with Crippen molar-refractivity contribution in [3.05, 3.63) is 29.8 Å². The van der Waals surface area contributed by atoms with Crippen LogP contribution < -0.4 is 5.32 Å². The second-order valence-corrected chi connectivity index (χ2v) is 4.08. The molecule has 114 valence electrons. The van der Waals surface area contributed by atoms with Gasteiger partial charge in [-0.25, -0.2) is 13.2 Å². The maximum Gasteiger partial charge on any atom is 0.330 e. The summed E-state index contributed by atoms with van der Waals surface area (Å²) in [6, 6.07) is 0.661. The number of rotatable bonds is 8. The van der Waals surface area contributed by atoms with E-state index in [0.717, 1.165) is 6.20 Å². The standard InChI is InChI=1S/C12H15F5N2O/c1-2-19-10(8-3-4-18-5-9(8)13)6-20-7-12(16,17)11(14)15/h3-5,10-11,19H,2,6-7H2,1H3. The molecule has 1 heterocycles. The number of hydrogen-bond donors (Lipinski definition) is 1. The molecule has 0 amide bonds. The summed E-state index contributed by atoms with van der Waals surface area (Å²) in [5.74, 6) is -4.84. The molecule has 1 aromatic rings. The Morgan fingerprint density at radius 3 is 2.65 bits per heavy atom. The first-order chi connectivity index (χ1) is 9.38. The van der Waals surface area contributed by atoms with Gasteiger partial charge in [0.05, 0.1) is 18.8 Å². The smallest absolute Gasteiger partial charge is 0.330 e. The number of nitrogens with one attached hydrogen (secondary N) is 1. The SMILES string of the molecule is CCNC(COCC(F)(F)C(F)F)c1ccncc1F. The molecule has 0 radical (unpaired) electrons. The minimum Gasteiger partial charge on any atom is -0.373 e. The fraction of sp³-hybridized carbons (Fsp3) is 0.583. The molecule has 1 atom stereocenters. The third-order valence-corrected chi connectivity index (χ3v) is 2.53. The van der Waals surface area contributed by atoms with Gasteiger partial charge in [-0.1, -0.05) is 6.92 Å². The largest absolute Gasteiger partial charge is 0.373 e. The van der Waals surface area contributed by atoms with Crippen LogP contribution in [0.1, 0.15) is 18.5 Å². The first-order valence-corrected chi connectivity index (χ1v) is 5.95. The van der Waals surface area contributed by atoms with E-state index < -0.39 is 30.8 Å². The number of alkyl halides is 4. The van der Waals surface area contributed by atoms with Crippen molar-refractivity contribution in [2.45, 2.75) is 25.3 Å². The van der Waals surface area contributed by atoms with Crippen molar-refractivity contribution in [3.63, 3.8) is 0 Å². The molecule has 0 aliphatic heterocycles. The highest BCUT2D eigenvalue weighted by atomic mass is 19.3. The normalized spacial score (nSPS) is 13.8. The van der Waals surface area contributed by atoms with E-state index in [-0.39, 0.29) is 12.2 Å². The molecule has 0 bridgehead atoms. The van der Waals surface area contributed by atoms with E-state index in [9.17, 15) is 22.0 Å². The summed E-state index contributed by atoms with van der Waals surface area (Å²) in [6.45, 7) is 0.400. The van der Waals surface area contributed by atoms with Crippen LogP contribution in [0.25, 0.3) is 0 Å². The Labute approximate surface area is 113 Å². The summed E-state index contributed by atoms with van der Waals surface area (Å²) in [4.78, 5) is 3.57. The molecule has 1 N–H and O–H groups in total. The number of nitrogens with zero attached hydrogens (tertiary/aromatic N) is 1. The van der Waals surface area contributed by atoms with E-state index in [1.165, 1.54) is 12.3 Å². The van der Waals surface area contributed by atoms with Gasteiger partial charge in [0.15, 0.2) is 0 Å². The molecule has 1 unspecified atom stereocenters. The molecule has 20 heavy (non-hydrogen) atoms. The number of ether oxygens (including phenoxy) is 1. The van der Waals surface area contributed by atoms with Crippen molar-refractivity contribution in [2.24, 2.45) is 0 Å². The molecular formula is C12H15F5N2O. The number of halogens is 5. The lowest BCUT2D eigenvalue weighted by Gasteiger charge is -2.21. The number of pyridine rings is 1. The van der Waals surface area contributed by atoms with E-state index in [0.29, 0.717) is 6.54 Å². The Balaban J connectivity index is 2.63. The first-order valence-electron chi connectivity index (χ1n) is 5.95. The van der Waals surface area contributed by atoms with Crippen molar-refractivity contribution >= 4 is 0 Å². The Kier molecular flexibility index (Phi) is 6.28. The van der Waals surface area contributed by atoms with Gasteiger partial charge in [0.2, 0.25) is 0 Å². The van der Waals surface area contributed by atoms with E-state index in [2.05, 4.69) is 15.0 Å². The molecule has 0 saturated carbocycles. The van der Waals surface area contributed by atoms with Crippen molar-refractivity contribution in [2.75, 3.05) is 19.8 Å². The Bertz CT molecular complexity index is 417. The molecule has 0 spiro atoms. The molecule has 0 saturated heterocycles. The van der Waals surface area contributed by atoms with Gasteiger partial charge in [0, 0.05) is 11.8 Å². The van der Waals surface area contributed by atoms with Crippen LogP contribution in [0.15, 0.2) is 18.5 Å². The van der Waals surface area contributed by atoms with Crippen LogP contribution >= 0.6 is 0 Å². The van der Waals surface area contributed by atoms with Crippen molar-refractivity contribution < 1.29 is 26.7 Å². The average molecular weight is 298 g/mol. The van der Waals surface area contributed by atoms with Gasteiger partial charge in [0.1, 0.15) is 12.4 Å².